The number of hydrogen-bond acceptors (Lipinski definition) is 11. The van der Waals surface area contributed by atoms with Crippen molar-refractivity contribution in [2.45, 2.75) is 49.3 Å². The fourth-order valence-corrected chi connectivity index (χ4v) is 6.68. The molecule has 0 unspecified atom stereocenters. The summed E-state index contributed by atoms with van der Waals surface area (Å²) in [5.74, 6) is 0.230. The summed E-state index contributed by atoms with van der Waals surface area (Å²) in [6.07, 6.45) is 3.35. The smallest absolute Gasteiger partial charge is 0.324 e. The number of aromatic hydroxyl groups is 2. The van der Waals surface area contributed by atoms with E-state index in [1.165, 1.54) is 11.1 Å². The summed E-state index contributed by atoms with van der Waals surface area (Å²) >= 11 is 0. The predicted molar refractivity (Wildman–Crippen MR) is 126 cm³/mol. The number of nitrogens with zero attached hydrogens (tertiary/aromatic N) is 4. The van der Waals surface area contributed by atoms with E-state index in [1.807, 2.05) is 0 Å². The second kappa shape index (κ2) is 8.52. The molecule has 4 aliphatic rings. The van der Waals surface area contributed by atoms with Crippen LogP contribution in [0.4, 0.5) is 17.1 Å². The van der Waals surface area contributed by atoms with Gasteiger partial charge in [0.15, 0.2) is 11.5 Å². The summed E-state index contributed by atoms with van der Waals surface area (Å²) in [6, 6.07) is 5.25. The van der Waals surface area contributed by atoms with E-state index in [2.05, 4.69) is 18.0 Å². The highest BCUT2D eigenvalue weighted by molar-refractivity contribution is 5.64. The first-order chi connectivity index (χ1) is 17.5. The molecule has 1 spiro atoms. The number of hydrogen-bond donors (Lipinski definition) is 3. The van der Waals surface area contributed by atoms with Gasteiger partial charge < -0.3 is 25.0 Å². The van der Waals surface area contributed by atoms with E-state index in [4.69, 9.17) is 9.84 Å². The number of rotatable bonds is 3. The molecule has 0 radical (unpaired) electrons. The Bertz CT molecular complexity index is 1300. The summed E-state index contributed by atoms with van der Waals surface area (Å²) in [5, 5.41) is 61.0. The highest BCUT2D eigenvalue weighted by atomic mass is 16.6. The van der Waals surface area contributed by atoms with Crippen LogP contribution in [0.25, 0.3) is 0 Å². The summed E-state index contributed by atoms with van der Waals surface area (Å²) < 4.78 is 6.14. The molecule has 196 valence electrons. The molecule has 2 heterocycles. The van der Waals surface area contributed by atoms with Gasteiger partial charge in [-0.3, -0.25) is 30.3 Å². The van der Waals surface area contributed by atoms with Crippen LogP contribution in [0.2, 0.25) is 0 Å². The van der Waals surface area contributed by atoms with Crippen molar-refractivity contribution in [2.75, 3.05) is 13.6 Å². The maximum absolute atomic E-state index is 10.5. The van der Waals surface area contributed by atoms with Gasteiger partial charge >= 0.3 is 11.4 Å². The molecule has 0 aromatic heterocycles. The quantitative estimate of drug-likeness (QED) is 0.399. The topological polar surface area (TPSA) is 203 Å². The second-order valence-electron chi connectivity index (χ2n) is 9.88. The van der Waals surface area contributed by atoms with Crippen LogP contribution in [-0.4, -0.2) is 66.8 Å². The van der Waals surface area contributed by atoms with Gasteiger partial charge in [0.2, 0.25) is 0 Å². The molecule has 5 atom stereocenters. The third-order valence-corrected chi connectivity index (χ3v) is 8.22. The number of benzene rings is 2. The Labute approximate surface area is 209 Å². The van der Waals surface area contributed by atoms with E-state index in [1.54, 1.807) is 6.07 Å². The monoisotopic (exact) mass is 516 g/mol. The van der Waals surface area contributed by atoms with Crippen molar-refractivity contribution < 1.29 is 34.8 Å². The van der Waals surface area contributed by atoms with E-state index >= 15 is 0 Å². The second-order valence-corrected chi connectivity index (χ2v) is 9.88. The molecule has 0 amide bonds. The normalized spacial score (nSPS) is 28.8. The Kier molecular flexibility index (Phi) is 5.68. The molecule has 14 nitrogen and oxygen atoms in total. The molecule has 2 fully saturated rings. The van der Waals surface area contributed by atoms with Gasteiger partial charge in [0, 0.05) is 17.0 Å². The fourth-order valence-electron chi connectivity index (χ4n) is 6.68. The lowest BCUT2D eigenvalue weighted by molar-refractivity contribution is -0.404. The standard InChI is InChI=1S/C17H21NO3.C6H3N3O7/c1-18-7-6-17-10-3-5-13(20)16(17)21-15-12(19)4-2-9(14(15)17)8-11(10)18;10-6-4(8(13)14)1-3(7(11)12)2-5(6)9(15)16/h2,4,10-11,13,16,19-20H,3,5-8H2,1H3;1-2,10H/t10-,11+,13-,16-,17-;/m0./s1. The summed E-state index contributed by atoms with van der Waals surface area (Å²) in [7, 11) is 2.22. The predicted octanol–water partition coefficient (Wildman–Crippen LogP) is 2.54. The number of piperidine rings is 1. The average molecular weight is 516 g/mol. The molecule has 2 bridgehead atoms. The average Bonchev–Trinajstić information content (AvgIpc) is 3.20. The number of likely N-dealkylation sites (tertiary alicyclic amines) is 1. The first-order valence-electron chi connectivity index (χ1n) is 11.7. The van der Waals surface area contributed by atoms with Crippen LogP contribution in [0.3, 0.4) is 0 Å². The van der Waals surface area contributed by atoms with Gasteiger partial charge in [-0.1, -0.05) is 6.07 Å². The summed E-state index contributed by atoms with van der Waals surface area (Å²) in [4.78, 5) is 30.3. The SMILES string of the molecule is CN1CC[C@]23c4c5ccc(O)c4O[C@H]2[C@@H](O)CC[C@H]3[C@H]1C5.O=[N+]([O-])c1cc([N+](=O)[O-])c(O)c([N+](=O)[O-])c1. The van der Waals surface area contributed by atoms with Crippen LogP contribution in [0.15, 0.2) is 24.3 Å². The van der Waals surface area contributed by atoms with Gasteiger partial charge in [0.25, 0.3) is 11.4 Å². The Balaban J connectivity index is 0.000000159. The van der Waals surface area contributed by atoms with Crippen LogP contribution >= 0.6 is 0 Å². The summed E-state index contributed by atoms with van der Waals surface area (Å²) in [5.41, 5.74) is -0.540. The van der Waals surface area contributed by atoms with Crippen LogP contribution < -0.4 is 4.74 Å². The number of non-ortho nitro benzene ring substituents is 1. The minimum atomic E-state index is -1.21. The lowest BCUT2D eigenvalue weighted by Gasteiger charge is -2.58. The van der Waals surface area contributed by atoms with Crippen LogP contribution in [0.1, 0.15) is 30.4 Å². The Morgan fingerprint density at radius 3 is 2.27 bits per heavy atom. The number of likely N-dealkylation sites (N-methyl/N-ethyl adjacent to an activating group) is 1. The number of aliphatic hydroxyl groups excluding tert-OH is 1. The number of aliphatic hydroxyl groups is 1. The molecule has 2 aliphatic carbocycles. The van der Waals surface area contributed by atoms with Crippen molar-refractivity contribution in [1.82, 2.24) is 4.90 Å². The van der Waals surface area contributed by atoms with Crippen molar-refractivity contribution in [2.24, 2.45) is 5.92 Å². The lowest BCUT2D eigenvalue weighted by atomic mass is 9.51. The molecule has 37 heavy (non-hydrogen) atoms. The van der Waals surface area contributed by atoms with E-state index in [9.17, 15) is 40.6 Å². The third kappa shape index (κ3) is 3.54. The first-order valence-corrected chi connectivity index (χ1v) is 11.7. The van der Waals surface area contributed by atoms with Crippen LogP contribution in [0.5, 0.6) is 17.2 Å². The van der Waals surface area contributed by atoms with Crippen molar-refractivity contribution in [3.8, 4) is 17.2 Å². The number of nitro groups is 3. The number of phenols is 2. The zero-order chi connectivity index (χ0) is 26.8. The Hall–Kier alpha value is -4.04. The minimum Gasteiger partial charge on any atom is -0.504 e. The van der Waals surface area contributed by atoms with Crippen LogP contribution in [-0.2, 0) is 11.8 Å². The molecule has 2 aromatic carbocycles. The fraction of sp³-hybridized carbons (Fsp3) is 0.478. The molecule has 2 aromatic rings. The van der Waals surface area contributed by atoms with E-state index in [0.29, 0.717) is 29.8 Å². The zero-order valence-electron chi connectivity index (χ0n) is 19.6. The molecule has 1 saturated heterocycles. The molecular formula is C23H24N4O10. The van der Waals surface area contributed by atoms with Gasteiger partial charge in [-0.15, -0.1) is 0 Å². The molecule has 1 saturated carbocycles. The molecule has 6 rings (SSSR count). The molecule has 3 N–H and O–H groups in total. The zero-order valence-corrected chi connectivity index (χ0v) is 19.6. The van der Waals surface area contributed by atoms with Crippen LogP contribution in [0, 0.1) is 36.3 Å². The van der Waals surface area contributed by atoms with Crippen molar-refractivity contribution in [3.63, 3.8) is 0 Å². The van der Waals surface area contributed by atoms with Gasteiger partial charge in [-0.05, 0) is 56.8 Å². The lowest BCUT2D eigenvalue weighted by Crippen LogP contribution is -2.66. The van der Waals surface area contributed by atoms with E-state index in [0.717, 1.165) is 32.2 Å². The number of phenolic OH excluding ortho intramolecular Hbond substituents is 2. The first kappa shape index (κ1) is 24.6. The largest absolute Gasteiger partial charge is 0.504 e. The summed E-state index contributed by atoms with van der Waals surface area (Å²) in [6.45, 7) is 1.04. The Morgan fingerprint density at radius 2 is 1.68 bits per heavy atom. The van der Waals surface area contributed by atoms with Gasteiger partial charge in [0.05, 0.1) is 33.0 Å². The maximum Gasteiger partial charge on any atom is 0.324 e. The van der Waals surface area contributed by atoms with Gasteiger partial charge in [0.1, 0.15) is 6.10 Å². The third-order valence-electron chi connectivity index (χ3n) is 8.22. The van der Waals surface area contributed by atoms with E-state index < -0.39 is 43.7 Å². The maximum atomic E-state index is 10.5. The number of nitro benzene ring substituents is 3. The Morgan fingerprint density at radius 1 is 1.03 bits per heavy atom. The van der Waals surface area contributed by atoms with Gasteiger partial charge in [-0.25, -0.2) is 0 Å². The highest BCUT2D eigenvalue weighted by Crippen LogP contribution is 2.63. The molecular weight excluding hydrogens is 492 g/mol. The van der Waals surface area contributed by atoms with E-state index in [-0.39, 0.29) is 17.3 Å². The van der Waals surface area contributed by atoms with Crippen molar-refractivity contribution in [3.05, 3.63) is 65.7 Å². The number of ether oxygens (including phenoxy) is 1. The molecule has 14 heteroatoms. The van der Waals surface area contributed by atoms with Crippen molar-refractivity contribution in [1.29, 1.82) is 0 Å². The molecule has 2 aliphatic heterocycles. The minimum absolute atomic E-state index is 0.0729. The van der Waals surface area contributed by atoms with Gasteiger partial charge in [-0.2, -0.15) is 0 Å². The van der Waals surface area contributed by atoms with Crippen molar-refractivity contribution >= 4 is 17.1 Å². The highest BCUT2D eigenvalue weighted by Gasteiger charge is 2.65.